The lowest BCUT2D eigenvalue weighted by Crippen LogP contribution is -2.32. The van der Waals surface area contributed by atoms with Crippen LogP contribution in [0.25, 0.3) is 0 Å². The van der Waals surface area contributed by atoms with Gasteiger partial charge in [-0.05, 0) is 70.6 Å². The molecule has 0 saturated heterocycles. The lowest BCUT2D eigenvalue weighted by Gasteiger charge is -2.19. The smallest absolute Gasteiger partial charge is 0.407 e. The zero-order valence-electron chi connectivity index (χ0n) is 25.0. The summed E-state index contributed by atoms with van der Waals surface area (Å²) < 4.78 is 31.9. The zero-order valence-corrected chi connectivity index (χ0v) is 25.0. The van der Waals surface area contributed by atoms with Crippen LogP contribution in [-0.2, 0) is 35.0 Å². The monoisotopic (exact) mass is 555 g/mol. The van der Waals surface area contributed by atoms with Gasteiger partial charge < -0.3 is 38.5 Å². The molecule has 1 N–H and O–H groups in total. The molecule has 1 aromatic rings. The summed E-state index contributed by atoms with van der Waals surface area (Å²) in [5, 5.41) is 2.75. The molecule has 0 aliphatic rings. The number of rotatable bonds is 22. The molecule has 1 amide bonds. The minimum atomic E-state index is -0.500. The maximum Gasteiger partial charge on any atom is 0.407 e. The highest BCUT2D eigenvalue weighted by atomic mass is 16.6. The van der Waals surface area contributed by atoms with E-state index < -0.39 is 11.7 Å². The Morgan fingerprint density at radius 3 is 1.74 bits per heavy atom. The number of ether oxygens (including phenoxy) is 6. The molecule has 0 aliphatic carbocycles. The molecular weight excluding hydrogens is 502 g/mol. The van der Waals surface area contributed by atoms with Gasteiger partial charge >= 0.3 is 6.09 Å². The standard InChI is InChI=1S/C28H47NO7.C2H6O/c1-28(2,3)36-27(31)29-24-25-12-14-26(15-13-25)35-19-11-7-6-10-18-33-21-23-34-22-20-32-17-9-5-4-8-16-30;1-3-2/h12-16H,4-11,17-24H2,1-3H3,(H,29,31);1-2H3. The van der Waals surface area contributed by atoms with E-state index in [4.69, 9.17) is 23.7 Å². The van der Waals surface area contributed by atoms with E-state index in [9.17, 15) is 9.59 Å². The minimum Gasteiger partial charge on any atom is -0.494 e. The van der Waals surface area contributed by atoms with Gasteiger partial charge in [0.05, 0.1) is 33.0 Å². The second kappa shape index (κ2) is 26.0. The van der Waals surface area contributed by atoms with Crippen LogP contribution in [0.3, 0.4) is 0 Å². The summed E-state index contributed by atoms with van der Waals surface area (Å²) in [6, 6.07) is 7.74. The molecule has 1 rings (SSSR count). The maximum atomic E-state index is 11.7. The lowest BCUT2D eigenvalue weighted by atomic mass is 10.2. The van der Waals surface area contributed by atoms with Crippen LogP contribution in [0.15, 0.2) is 24.3 Å². The highest BCUT2D eigenvalue weighted by Crippen LogP contribution is 2.13. The summed E-state index contributed by atoms with van der Waals surface area (Å²) in [6.45, 7) is 10.5. The second-order valence-electron chi connectivity index (χ2n) is 10.0. The summed E-state index contributed by atoms with van der Waals surface area (Å²) in [5.41, 5.74) is 0.491. The molecule has 0 radical (unpaired) electrons. The van der Waals surface area contributed by atoms with Crippen LogP contribution in [0.2, 0.25) is 0 Å². The molecule has 9 nitrogen and oxygen atoms in total. The number of hydrogen-bond acceptors (Lipinski definition) is 8. The van der Waals surface area contributed by atoms with E-state index in [1.165, 1.54) is 0 Å². The number of alkyl carbamates (subject to hydrolysis) is 1. The van der Waals surface area contributed by atoms with Crippen molar-refractivity contribution in [2.75, 3.05) is 60.5 Å². The van der Waals surface area contributed by atoms with Crippen LogP contribution < -0.4 is 10.1 Å². The van der Waals surface area contributed by atoms with Crippen molar-refractivity contribution in [3.8, 4) is 5.75 Å². The summed E-state index contributed by atoms with van der Waals surface area (Å²) in [5.74, 6) is 0.833. The summed E-state index contributed by atoms with van der Waals surface area (Å²) in [4.78, 5) is 21.9. The van der Waals surface area contributed by atoms with Gasteiger partial charge in [-0.2, -0.15) is 0 Å². The summed E-state index contributed by atoms with van der Waals surface area (Å²) >= 11 is 0. The van der Waals surface area contributed by atoms with Crippen LogP contribution in [0, 0.1) is 0 Å². The van der Waals surface area contributed by atoms with Crippen molar-refractivity contribution in [2.24, 2.45) is 0 Å². The van der Waals surface area contributed by atoms with Gasteiger partial charge in [-0.15, -0.1) is 0 Å². The Kier molecular flexibility index (Phi) is 24.6. The second-order valence-corrected chi connectivity index (χ2v) is 10.0. The van der Waals surface area contributed by atoms with E-state index in [0.29, 0.717) is 46.0 Å². The van der Waals surface area contributed by atoms with Crippen molar-refractivity contribution in [3.05, 3.63) is 29.8 Å². The Labute approximate surface area is 236 Å². The molecule has 226 valence electrons. The Balaban J connectivity index is 0.00000458. The van der Waals surface area contributed by atoms with Gasteiger partial charge in [0.15, 0.2) is 0 Å². The van der Waals surface area contributed by atoms with Crippen molar-refractivity contribution >= 4 is 12.4 Å². The molecule has 0 aromatic heterocycles. The lowest BCUT2D eigenvalue weighted by molar-refractivity contribution is -0.107. The van der Waals surface area contributed by atoms with Crippen molar-refractivity contribution < 1.29 is 38.0 Å². The first-order chi connectivity index (χ1) is 18.8. The number of methoxy groups -OCH3 is 1. The normalized spacial score (nSPS) is 10.9. The van der Waals surface area contributed by atoms with Gasteiger partial charge in [-0.25, -0.2) is 4.79 Å². The van der Waals surface area contributed by atoms with E-state index in [-0.39, 0.29) is 0 Å². The van der Waals surface area contributed by atoms with Crippen LogP contribution in [0.5, 0.6) is 5.75 Å². The fourth-order valence-electron chi connectivity index (χ4n) is 3.19. The van der Waals surface area contributed by atoms with E-state index in [0.717, 1.165) is 75.8 Å². The molecule has 0 atom stereocenters. The van der Waals surface area contributed by atoms with Gasteiger partial charge in [0.1, 0.15) is 17.6 Å². The Hall–Kier alpha value is -2.20. The quantitative estimate of drug-likeness (QED) is 0.143. The average Bonchev–Trinajstić information content (AvgIpc) is 2.89. The Bertz CT molecular complexity index is 691. The number of carbonyl (C=O) groups excluding carboxylic acids is 2. The molecule has 0 heterocycles. The first kappa shape index (κ1) is 36.8. The Morgan fingerprint density at radius 2 is 1.23 bits per heavy atom. The van der Waals surface area contributed by atoms with Crippen molar-refractivity contribution in [1.29, 1.82) is 0 Å². The molecule has 0 aliphatic heterocycles. The molecular formula is C30H53NO8. The summed E-state index contributed by atoms with van der Waals surface area (Å²) in [6.07, 6.45) is 8.41. The molecule has 39 heavy (non-hydrogen) atoms. The van der Waals surface area contributed by atoms with Crippen LogP contribution >= 0.6 is 0 Å². The minimum absolute atomic E-state index is 0.418. The predicted octanol–water partition coefficient (Wildman–Crippen LogP) is 5.72. The molecule has 1 aromatic carbocycles. The third-order valence-electron chi connectivity index (χ3n) is 5.07. The average molecular weight is 556 g/mol. The number of amides is 1. The van der Waals surface area contributed by atoms with Crippen LogP contribution in [0.4, 0.5) is 4.79 Å². The third-order valence-corrected chi connectivity index (χ3v) is 5.07. The third kappa shape index (κ3) is 27.2. The predicted molar refractivity (Wildman–Crippen MR) is 153 cm³/mol. The largest absolute Gasteiger partial charge is 0.494 e. The fourth-order valence-corrected chi connectivity index (χ4v) is 3.19. The molecule has 0 spiro atoms. The topological polar surface area (TPSA) is 102 Å². The number of aldehydes is 1. The molecule has 0 bridgehead atoms. The first-order valence-electron chi connectivity index (χ1n) is 14.1. The molecule has 0 saturated carbocycles. The highest BCUT2D eigenvalue weighted by molar-refractivity contribution is 5.67. The molecule has 0 fully saturated rings. The SMILES string of the molecule is CC(C)(C)OC(=O)NCc1ccc(OCCCCCCOCCOCCOCCCCCC=O)cc1.COC. The number of unbranched alkanes of at least 4 members (excludes halogenated alkanes) is 6. The fraction of sp³-hybridized carbons (Fsp3) is 0.733. The number of nitrogens with one attached hydrogen (secondary N) is 1. The number of benzene rings is 1. The van der Waals surface area contributed by atoms with Gasteiger partial charge in [0, 0.05) is 40.4 Å². The van der Waals surface area contributed by atoms with Gasteiger partial charge in [0.2, 0.25) is 0 Å². The summed E-state index contributed by atoms with van der Waals surface area (Å²) in [7, 11) is 3.25. The zero-order chi connectivity index (χ0) is 29.0. The van der Waals surface area contributed by atoms with Gasteiger partial charge in [-0.3, -0.25) is 0 Å². The van der Waals surface area contributed by atoms with Crippen LogP contribution in [-0.4, -0.2) is 78.4 Å². The van der Waals surface area contributed by atoms with E-state index in [2.05, 4.69) is 10.1 Å². The van der Waals surface area contributed by atoms with Gasteiger partial charge in [-0.1, -0.05) is 25.0 Å². The molecule has 9 heteroatoms. The number of hydrogen-bond donors (Lipinski definition) is 1. The molecule has 0 unspecified atom stereocenters. The highest BCUT2D eigenvalue weighted by Gasteiger charge is 2.15. The Morgan fingerprint density at radius 1 is 0.744 bits per heavy atom. The van der Waals surface area contributed by atoms with E-state index >= 15 is 0 Å². The van der Waals surface area contributed by atoms with E-state index in [1.54, 1.807) is 14.2 Å². The maximum absolute atomic E-state index is 11.7. The van der Waals surface area contributed by atoms with Crippen LogP contribution in [0.1, 0.15) is 77.7 Å². The first-order valence-corrected chi connectivity index (χ1v) is 14.1. The van der Waals surface area contributed by atoms with Crippen molar-refractivity contribution in [1.82, 2.24) is 5.32 Å². The number of carbonyl (C=O) groups is 2. The van der Waals surface area contributed by atoms with E-state index in [1.807, 2.05) is 45.0 Å². The van der Waals surface area contributed by atoms with Gasteiger partial charge in [0.25, 0.3) is 0 Å². The van der Waals surface area contributed by atoms with Crippen molar-refractivity contribution in [2.45, 2.75) is 84.3 Å². The van der Waals surface area contributed by atoms with Crippen molar-refractivity contribution in [3.63, 3.8) is 0 Å².